The van der Waals surface area contributed by atoms with Crippen LogP contribution in [-0.4, -0.2) is 95.1 Å². The molecule has 1 saturated carbocycles. The molecule has 0 unspecified atom stereocenters. The van der Waals surface area contributed by atoms with Crippen LogP contribution in [0, 0.1) is 11.8 Å². The Labute approximate surface area is 301 Å². The van der Waals surface area contributed by atoms with Gasteiger partial charge in [0.15, 0.2) is 15.0 Å². The first kappa shape index (κ1) is 39.7. The van der Waals surface area contributed by atoms with Crippen molar-refractivity contribution in [2.24, 2.45) is 11.8 Å². The van der Waals surface area contributed by atoms with E-state index in [1.54, 1.807) is 5.38 Å². The zero-order chi connectivity index (χ0) is 36.9. The van der Waals surface area contributed by atoms with Crippen LogP contribution in [0.25, 0.3) is 0 Å². The van der Waals surface area contributed by atoms with E-state index < -0.39 is 56.2 Å². The number of nitrogens with one attached hydrogen (secondary N) is 3. The monoisotopic (exact) mass is 733 g/mol. The maximum absolute atomic E-state index is 14.3. The molecule has 2 heterocycles. The highest BCUT2D eigenvalue weighted by Gasteiger charge is 2.46. The van der Waals surface area contributed by atoms with Gasteiger partial charge in [0, 0.05) is 37.2 Å². The second-order valence-electron chi connectivity index (χ2n) is 15.5. The number of β-amino-alcohol motifs (C(OH)–C–C–N with tert-alkyl or cyclic N) is 1. The number of sulfone groups is 1. The number of esters is 1. The number of thiazole rings is 1. The van der Waals surface area contributed by atoms with Crippen molar-refractivity contribution in [1.82, 2.24) is 20.5 Å². The van der Waals surface area contributed by atoms with Crippen LogP contribution in [0.1, 0.15) is 84.9 Å². The lowest BCUT2D eigenvalue weighted by molar-refractivity contribution is -0.142. The molecule has 2 aromatic rings. The number of rotatable bonds is 14. The van der Waals surface area contributed by atoms with Crippen LogP contribution in [0.3, 0.4) is 0 Å². The van der Waals surface area contributed by atoms with Gasteiger partial charge >= 0.3 is 5.97 Å². The topological polar surface area (TPSA) is 167 Å². The molecule has 6 atom stereocenters. The summed E-state index contributed by atoms with van der Waals surface area (Å²) in [7, 11) is -3.79. The van der Waals surface area contributed by atoms with E-state index in [0.29, 0.717) is 24.1 Å². The number of amides is 2. The van der Waals surface area contributed by atoms with E-state index in [4.69, 9.17) is 4.74 Å². The Morgan fingerprint density at radius 1 is 1.08 bits per heavy atom. The fourth-order valence-corrected chi connectivity index (χ4v) is 8.24. The number of carbonyl (C=O) groups excluding carboxylic acids is 3. The minimum absolute atomic E-state index is 0.0575. The number of hydrogen-bond acceptors (Lipinski definition) is 11. The summed E-state index contributed by atoms with van der Waals surface area (Å²) in [6.45, 7) is 10.9. The second kappa shape index (κ2) is 16.5. The van der Waals surface area contributed by atoms with Crippen LogP contribution in [0.15, 0.2) is 35.7 Å². The van der Waals surface area contributed by atoms with Crippen molar-refractivity contribution in [3.63, 3.8) is 0 Å². The molecular weight excluding hydrogens is 679 g/mol. The van der Waals surface area contributed by atoms with Crippen LogP contribution in [-0.2, 0) is 42.0 Å². The van der Waals surface area contributed by atoms with Crippen LogP contribution in [0.4, 0.5) is 5.13 Å². The molecule has 50 heavy (non-hydrogen) atoms. The molecule has 0 bridgehead atoms. The van der Waals surface area contributed by atoms with Crippen LogP contribution < -0.4 is 16.0 Å². The summed E-state index contributed by atoms with van der Waals surface area (Å²) in [6.07, 6.45) is 5.50. The van der Waals surface area contributed by atoms with E-state index in [2.05, 4.69) is 25.8 Å². The average molecular weight is 734 g/mol. The normalized spacial score (nSPS) is 22.0. The molecule has 1 aromatic heterocycles. The Balaban J connectivity index is 1.61. The van der Waals surface area contributed by atoms with Gasteiger partial charge < -0.3 is 25.8 Å². The Kier molecular flexibility index (Phi) is 13.1. The minimum Gasteiger partial charge on any atom is -0.459 e. The van der Waals surface area contributed by atoms with Gasteiger partial charge in [0.05, 0.1) is 28.6 Å². The molecule has 2 amide bonds. The molecule has 2 fully saturated rings. The predicted molar refractivity (Wildman–Crippen MR) is 195 cm³/mol. The minimum atomic E-state index is -3.79. The van der Waals surface area contributed by atoms with Gasteiger partial charge in [0.25, 0.3) is 0 Å². The van der Waals surface area contributed by atoms with Gasteiger partial charge in [0.2, 0.25) is 11.8 Å². The number of likely N-dealkylation sites (tertiary alicyclic amines) is 1. The highest BCUT2D eigenvalue weighted by atomic mass is 32.2. The molecule has 278 valence electrons. The van der Waals surface area contributed by atoms with E-state index in [9.17, 15) is 27.9 Å². The molecule has 0 spiro atoms. The second-order valence-corrected chi connectivity index (χ2v) is 19.0. The molecule has 1 saturated heterocycles. The number of nitrogens with zero attached hydrogens (tertiary/aromatic N) is 2. The fraction of sp³-hybridized carbons (Fsp3) is 0.667. The molecule has 14 heteroatoms. The van der Waals surface area contributed by atoms with Crippen molar-refractivity contribution < 1.29 is 32.6 Å². The number of carbonyl (C=O) groups is 3. The summed E-state index contributed by atoms with van der Waals surface area (Å²) < 4.78 is 29.6. The fourth-order valence-electron chi connectivity index (χ4n) is 6.92. The van der Waals surface area contributed by atoms with Gasteiger partial charge in [-0.15, -0.1) is 11.3 Å². The number of aliphatic hydroxyl groups is 1. The van der Waals surface area contributed by atoms with Gasteiger partial charge in [0.1, 0.15) is 12.6 Å². The number of hydrogen-bond donors (Lipinski definition) is 4. The quantitative estimate of drug-likeness (QED) is 0.210. The summed E-state index contributed by atoms with van der Waals surface area (Å²) in [4.78, 5) is 45.7. The average Bonchev–Trinajstić information content (AvgIpc) is 3.48. The van der Waals surface area contributed by atoms with Crippen molar-refractivity contribution in [3.05, 3.63) is 47.0 Å². The maximum Gasteiger partial charge on any atom is 0.303 e. The van der Waals surface area contributed by atoms with E-state index in [1.807, 2.05) is 51.1 Å². The van der Waals surface area contributed by atoms with Gasteiger partial charge in [-0.3, -0.25) is 19.3 Å². The van der Waals surface area contributed by atoms with E-state index in [0.717, 1.165) is 55.3 Å². The molecular formula is C36H55N5O7S2. The Morgan fingerprint density at radius 3 is 2.36 bits per heavy atom. The van der Waals surface area contributed by atoms with Crippen LogP contribution in [0.5, 0.6) is 0 Å². The van der Waals surface area contributed by atoms with Gasteiger partial charge in [-0.1, -0.05) is 49.6 Å². The third-order valence-electron chi connectivity index (χ3n) is 9.97. The maximum atomic E-state index is 14.3. The zero-order valence-corrected chi connectivity index (χ0v) is 32.0. The lowest BCUT2D eigenvalue weighted by atomic mass is 9.72. The number of ether oxygens (including phenoxy) is 1. The summed E-state index contributed by atoms with van der Waals surface area (Å²) in [6, 6.07) is 6.96. The number of benzene rings is 1. The summed E-state index contributed by atoms with van der Waals surface area (Å²) >= 11 is 1.16. The molecule has 4 rings (SSSR count). The van der Waals surface area contributed by atoms with Crippen molar-refractivity contribution in [3.8, 4) is 0 Å². The third-order valence-corrected chi connectivity index (χ3v) is 12.9. The standard InChI is InChI=1S/C36H55N5O7S2/c1-23(42)48-21-27-22-49-34(37-27)39-31(36(5,6)50(7,46)47)33(45)38-28(17-24-13-9-8-10-14-24)30(43)20-41-19-26-16-12-11-15-25(26)18-29(41)32(44)40-35(2,3)4/h8-10,13-14,22,25-26,28-31,43H,11-12,15-21H2,1-7H3,(H,37,39)(H,38,45)(H,40,44)/t25-,26+,28-,29-,30+,31+/m0/s1. The zero-order valence-electron chi connectivity index (χ0n) is 30.4. The molecule has 12 nitrogen and oxygen atoms in total. The van der Waals surface area contributed by atoms with Crippen molar-refractivity contribution in [1.29, 1.82) is 0 Å². The number of anilines is 1. The van der Waals surface area contributed by atoms with Crippen LogP contribution >= 0.6 is 11.3 Å². The van der Waals surface area contributed by atoms with Crippen molar-refractivity contribution >= 4 is 44.1 Å². The summed E-state index contributed by atoms with van der Waals surface area (Å²) in [5.41, 5.74) is 0.918. The number of piperidine rings is 1. The molecule has 2 aliphatic rings. The van der Waals surface area contributed by atoms with Gasteiger partial charge in [-0.25, -0.2) is 13.4 Å². The molecule has 1 aliphatic carbocycles. The summed E-state index contributed by atoms with van der Waals surface area (Å²) in [5.74, 6) is -0.253. The SMILES string of the molecule is CC(=O)OCc1csc(N[C@H](C(=O)N[C@@H](Cc2ccccc2)[C@H](O)CN2C[C@H]3CCCC[C@H]3C[C@H]2C(=O)NC(C)(C)C)C(C)(C)S(C)(=O)=O)n1. The van der Waals surface area contributed by atoms with E-state index in [-0.39, 0.29) is 30.6 Å². The van der Waals surface area contributed by atoms with Crippen LogP contribution in [0.2, 0.25) is 0 Å². The van der Waals surface area contributed by atoms with E-state index >= 15 is 0 Å². The predicted octanol–water partition coefficient (Wildman–Crippen LogP) is 3.69. The molecule has 1 aromatic carbocycles. The van der Waals surface area contributed by atoms with Gasteiger partial charge in [-0.05, 0) is 71.3 Å². The summed E-state index contributed by atoms with van der Waals surface area (Å²) in [5, 5.41) is 23.1. The largest absolute Gasteiger partial charge is 0.459 e. The number of aromatic nitrogens is 1. The highest BCUT2D eigenvalue weighted by Crippen LogP contribution is 2.39. The molecule has 1 aliphatic heterocycles. The Bertz CT molecular complexity index is 1570. The highest BCUT2D eigenvalue weighted by molar-refractivity contribution is 7.92. The third kappa shape index (κ3) is 10.7. The van der Waals surface area contributed by atoms with Crippen molar-refractivity contribution in [2.45, 2.75) is 121 Å². The molecule has 4 N–H and O–H groups in total. The Hall–Kier alpha value is -3.07. The first-order valence-electron chi connectivity index (χ1n) is 17.5. The van der Waals surface area contributed by atoms with E-state index in [1.165, 1.54) is 20.8 Å². The smallest absolute Gasteiger partial charge is 0.303 e. The Morgan fingerprint density at radius 2 is 1.74 bits per heavy atom. The lowest BCUT2D eigenvalue weighted by Crippen LogP contribution is -2.62. The number of aliphatic hydroxyl groups excluding tert-OH is 1. The van der Waals surface area contributed by atoms with Gasteiger partial charge in [-0.2, -0.15) is 0 Å². The lowest BCUT2D eigenvalue weighted by Gasteiger charge is -2.47. The van der Waals surface area contributed by atoms with Crippen molar-refractivity contribution in [2.75, 3.05) is 24.7 Å². The first-order valence-corrected chi connectivity index (χ1v) is 20.2. The number of fused-ring (bicyclic) bond motifs is 1. The molecule has 0 radical (unpaired) electrons. The first-order chi connectivity index (χ1) is 23.3.